The van der Waals surface area contributed by atoms with Crippen LogP contribution < -0.4 is 0 Å². The summed E-state index contributed by atoms with van der Waals surface area (Å²) in [5.41, 5.74) is 14.4. The average Bonchev–Trinajstić information content (AvgIpc) is 2.84. The topological polar surface area (TPSA) is 3.24 Å². The van der Waals surface area contributed by atoms with E-state index in [1.807, 2.05) is 6.08 Å². The molecule has 0 unspecified atom stereocenters. The van der Waals surface area contributed by atoms with Gasteiger partial charge in [0.1, 0.15) is 0 Å². The van der Waals surface area contributed by atoms with E-state index >= 15 is 0 Å². The van der Waals surface area contributed by atoms with Gasteiger partial charge in [0.05, 0.1) is 0 Å². The second-order valence-electron chi connectivity index (χ2n) is 11.6. The van der Waals surface area contributed by atoms with E-state index < -0.39 is 0 Å². The Kier molecular flexibility index (Phi) is 10.6. The molecule has 0 amide bonds. The van der Waals surface area contributed by atoms with Gasteiger partial charge in [-0.25, -0.2) is 0 Å². The maximum absolute atomic E-state index is 3.98. The number of hydrogen-bond donors (Lipinski definition) is 0. The van der Waals surface area contributed by atoms with Crippen LogP contribution in [0.15, 0.2) is 60.2 Å². The first-order valence-corrected chi connectivity index (χ1v) is 14.7. The first kappa shape index (κ1) is 29.2. The van der Waals surface area contributed by atoms with Crippen LogP contribution in [0.3, 0.4) is 0 Å². The molecule has 1 fully saturated rings. The number of rotatable bonds is 12. The summed E-state index contributed by atoms with van der Waals surface area (Å²) in [4.78, 5) is 2.66. The molecule has 0 bridgehead atoms. The lowest BCUT2D eigenvalue weighted by Gasteiger charge is -2.40. The highest BCUT2D eigenvalue weighted by molar-refractivity contribution is 5.80. The summed E-state index contributed by atoms with van der Waals surface area (Å²) >= 11 is 0. The Bertz CT molecular complexity index is 1140. The van der Waals surface area contributed by atoms with Crippen molar-refractivity contribution in [3.05, 3.63) is 99.2 Å². The van der Waals surface area contributed by atoms with Crippen molar-refractivity contribution in [2.75, 3.05) is 13.1 Å². The van der Waals surface area contributed by atoms with Crippen LogP contribution in [-0.2, 0) is 25.8 Å². The van der Waals surface area contributed by atoms with E-state index in [0.29, 0.717) is 5.92 Å². The predicted molar refractivity (Wildman–Crippen MR) is 164 cm³/mol. The van der Waals surface area contributed by atoms with Crippen molar-refractivity contribution in [1.29, 1.82) is 0 Å². The van der Waals surface area contributed by atoms with E-state index in [2.05, 4.69) is 103 Å². The number of benzene rings is 2. The molecule has 1 heterocycles. The third-order valence-electron chi connectivity index (χ3n) is 8.27. The van der Waals surface area contributed by atoms with Gasteiger partial charge >= 0.3 is 0 Å². The summed E-state index contributed by atoms with van der Waals surface area (Å²) in [6, 6.07) is 12.2. The molecule has 0 aromatic heterocycles. The fraction of sp³-hybridized carbons (Fsp3) is 0.500. The lowest BCUT2D eigenvalue weighted by atomic mass is 9.86. The molecule has 1 saturated heterocycles. The minimum Gasteiger partial charge on any atom is -0.298 e. The summed E-state index contributed by atoms with van der Waals surface area (Å²) in [7, 11) is 0. The third kappa shape index (κ3) is 7.14. The van der Waals surface area contributed by atoms with Gasteiger partial charge in [-0.2, -0.15) is 0 Å². The Morgan fingerprint density at radius 1 is 1.03 bits per heavy atom. The highest BCUT2D eigenvalue weighted by atomic mass is 15.2. The SMILES string of the molecule is C=C/C(C)=C(C)\C(=C/C)c1cc(C)c(CN2CC(Cc3ccc(C(C)C)c(CCC)c3)C2)c(CCC)c1. The molecule has 0 spiro atoms. The molecular formula is C36H51N. The first-order valence-electron chi connectivity index (χ1n) is 14.7. The standard InChI is InChI=1S/C36H51N/c1-10-14-31-20-29(16-17-35(31)25(5)6)19-30-22-37(23-30)24-36-27(8)18-33(21-32(36)15-11-2)34(13-4)28(9)26(7)12-3/h12-13,16-18,20-21,25,30H,3,10-11,14-15,19,22-24H2,1-2,4-9H3/b28-26-,34-13+. The van der Waals surface area contributed by atoms with Crippen molar-refractivity contribution < 1.29 is 0 Å². The van der Waals surface area contributed by atoms with E-state index in [9.17, 15) is 0 Å². The van der Waals surface area contributed by atoms with Crippen molar-refractivity contribution in [3.8, 4) is 0 Å². The van der Waals surface area contributed by atoms with Gasteiger partial charge in [-0.3, -0.25) is 4.90 Å². The van der Waals surface area contributed by atoms with Crippen LogP contribution in [-0.4, -0.2) is 18.0 Å². The van der Waals surface area contributed by atoms with E-state index in [0.717, 1.165) is 18.9 Å². The van der Waals surface area contributed by atoms with Crippen LogP contribution in [0.25, 0.3) is 5.57 Å². The van der Waals surface area contributed by atoms with Crippen molar-refractivity contribution in [2.45, 2.75) is 100.0 Å². The zero-order valence-corrected chi connectivity index (χ0v) is 25.0. The molecule has 37 heavy (non-hydrogen) atoms. The molecular weight excluding hydrogens is 446 g/mol. The summed E-state index contributed by atoms with van der Waals surface area (Å²) < 4.78 is 0. The summed E-state index contributed by atoms with van der Waals surface area (Å²) in [5, 5.41) is 0. The lowest BCUT2D eigenvalue weighted by molar-refractivity contribution is 0.0921. The predicted octanol–water partition coefficient (Wildman–Crippen LogP) is 9.62. The molecule has 1 aliphatic heterocycles. The maximum Gasteiger partial charge on any atom is 0.0239 e. The highest BCUT2D eigenvalue weighted by Crippen LogP contribution is 2.32. The Labute approximate surface area is 228 Å². The van der Waals surface area contributed by atoms with Crippen LogP contribution in [0, 0.1) is 12.8 Å². The monoisotopic (exact) mass is 497 g/mol. The lowest BCUT2D eigenvalue weighted by Crippen LogP contribution is -2.47. The third-order valence-corrected chi connectivity index (χ3v) is 8.27. The fourth-order valence-electron chi connectivity index (χ4n) is 6.06. The van der Waals surface area contributed by atoms with Gasteiger partial charge in [0.15, 0.2) is 0 Å². The maximum atomic E-state index is 3.98. The Morgan fingerprint density at radius 2 is 1.70 bits per heavy atom. The molecule has 3 rings (SSSR count). The smallest absolute Gasteiger partial charge is 0.0239 e. The normalized spacial score (nSPS) is 15.6. The van der Waals surface area contributed by atoms with Crippen molar-refractivity contribution in [3.63, 3.8) is 0 Å². The van der Waals surface area contributed by atoms with E-state index in [4.69, 9.17) is 0 Å². The van der Waals surface area contributed by atoms with Crippen molar-refractivity contribution >= 4 is 5.57 Å². The van der Waals surface area contributed by atoms with Gasteiger partial charge in [0.2, 0.25) is 0 Å². The molecule has 0 aliphatic carbocycles. The van der Waals surface area contributed by atoms with Crippen LogP contribution in [0.1, 0.15) is 106 Å². The van der Waals surface area contributed by atoms with Gasteiger partial charge < -0.3 is 0 Å². The number of aryl methyl sites for hydroxylation is 3. The number of nitrogens with zero attached hydrogens (tertiary/aromatic N) is 1. The largest absolute Gasteiger partial charge is 0.298 e. The quantitative estimate of drug-likeness (QED) is 0.264. The summed E-state index contributed by atoms with van der Waals surface area (Å²) in [6.07, 6.45) is 10.2. The molecule has 1 aliphatic rings. The molecule has 1 heteroatoms. The van der Waals surface area contributed by atoms with Gasteiger partial charge in [-0.1, -0.05) is 89.6 Å². The second kappa shape index (κ2) is 13.4. The Hall–Kier alpha value is -2.38. The van der Waals surface area contributed by atoms with Gasteiger partial charge in [-0.15, -0.1) is 0 Å². The van der Waals surface area contributed by atoms with E-state index in [1.54, 1.807) is 11.1 Å². The van der Waals surface area contributed by atoms with Crippen LogP contribution in [0.5, 0.6) is 0 Å². The van der Waals surface area contributed by atoms with Crippen molar-refractivity contribution in [2.24, 2.45) is 5.92 Å². The number of hydrogen-bond acceptors (Lipinski definition) is 1. The van der Waals surface area contributed by atoms with Gasteiger partial charge in [0.25, 0.3) is 0 Å². The zero-order chi connectivity index (χ0) is 27.1. The molecule has 2 aromatic rings. The molecule has 0 N–H and O–H groups in total. The molecule has 0 atom stereocenters. The van der Waals surface area contributed by atoms with Gasteiger partial charge in [0, 0.05) is 19.6 Å². The molecule has 2 aromatic carbocycles. The molecule has 0 radical (unpaired) electrons. The van der Waals surface area contributed by atoms with Crippen LogP contribution >= 0.6 is 0 Å². The second-order valence-corrected chi connectivity index (χ2v) is 11.6. The van der Waals surface area contributed by atoms with Crippen LogP contribution in [0.2, 0.25) is 0 Å². The molecule has 200 valence electrons. The fourth-order valence-corrected chi connectivity index (χ4v) is 6.06. The number of likely N-dealkylation sites (tertiary alicyclic amines) is 1. The summed E-state index contributed by atoms with van der Waals surface area (Å²) in [5.74, 6) is 1.38. The average molecular weight is 498 g/mol. The molecule has 1 nitrogen and oxygen atoms in total. The minimum absolute atomic E-state index is 0.608. The first-order chi connectivity index (χ1) is 17.7. The molecule has 0 saturated carbocycles. The van der Waals surface area contributed by atoms with E-state index in [1.165, 1.54) is 83.3 Å². The zero-order valence-electron chi connectivity index (χ0n) is 25.0. The minimum atomic E-state index is 0.608. The number of allylic oxidation sites excluding steroid dienone is 5. The van der Waals surface area contributed by atoms with E-state index in [-0.39, 0.29) is 0 Å². The highest BCUT2D eigenvalue weighted by Gasteiger charge is 2.28. The Balaban J connectivity index is 1.72. The van der Waals surface area contributed by atoms with Crippen molar-refractivity contribution in [1.82, 2.24) is 4.90 Å². The summed E-state index contributed by atoms with van der Waals surface area (Å²) in [6.45, 7) is 25.6. The Morgan fingerprint density at radius 3 is 2.30 bits per heavy atom. The van der Waals surface area contributed by atoms with Crippen LogP contribution in [0.4, 0.5) is 0 Å². The van der Waals surface area contributed by atoms with Gasteiger partial charge in [-0.05, 0) is 114 Å².